The molecule has 1 atom stereocenters. The van der Waals surface area contributed by atoms with Gasteiger partial charge in [-0.1, -0.05) is 18.2 Å². The number of benzene rings is 2. The Morgan fingerprint density at radius 2 is 1.88 bits per heavy atom. The Kier molecular flexibility index (Phi) is 4.84. The molecule has 0 saturated heterocycles. The normalized spacial score (nSPS) is 12.2. The van der Waals surface area contributed by atoms with Crippen molar-refractivity contribution in [3.63, 3.8) is 0 Å². The summed E-state index contributed by atoms with van der Waals surface area (Å²) >= 11 is 0. The number of aromatic nitrogens is 1. The Balaban J connectivity index is 1.84. The number of H-pyrrole nitrogens is 1. The van der Waals surface area contributed by atoms with E-state index in [1.165, 1.54) is 11.9 Å². The van der Waals surface area contributed by atoms with E-state index >= 15 is 0 Å². The van der Waals surface area contributed by atoms with Crippen molar-refractivity contribution < 1.29 is 13.6 Å². The van der Waals surface area contributed by atoms with Crippen LogP contribution in [0.1, 0.15) is 24.1 Å². The van der Waals surface area contributed by atoms with E-state index in [9.17, 15) is 18.4 Å². The number of fused-ring (bicyclic) bond motifs is 1. The number of aromatic amines is 1. The number of nitrogens with zero attached hydrogens (tertiary/aromatic N) is 1. The van der Waals surface area contributed by atoms with Gasteiger partial charge in [-0.25, -0.2) is 8.78 Å². The predicted molar refractivity (Wildman–Crippen MR) is 95.8 cm³/mol. The maximum atomic E-state index is 13.9. The van der Waals surface area contributed by atoms with E-state index in [1.807, 2.05) is 18.2 Å². The molecule has 1 aromatic heterocycles. The van der Waals surface area contributed by atoms with E-state index in [0.717, 1.165) is 23.6 Å². The van der Waals surface area contributed by atoms with Crippen LogP contribution in [0, 0.1) is 11.6 Å². The fourth-order valence-corrected chi connectivity index (χ4v) is 2.87. The van der Waals surface area contributed by atoms with Gasteiger partial charge in [-0.15, -0.1) is 0 Å². The molecule has 1 N–H and O–H groups in total. The van der Waals surface area contributed by atoms with Crippen molar-refractivity contribution in [1.82, 2.24) is 9.88 Å². The number of hydrogen-bond acceptors (Lipinski definition) is 2. The lowest BCUT2D eigenvalue weighted by Gasteiger charge is -2.25. The molecule has 0 bridgehead atoms. The molecule has 1 heterocycles. The molecule has 0 radical (unpaired) electrons. The summed E-state index contributed by atoms with van der Waals surface area (Å²) in [4.78, 5) is 28.8. The molecule has 0 spiro atoms. The Hall–Kier alpha value is -3.02. The first-order valence-electron chi connectivity index (χ1n) is 8.18. The number of nitrogens with one attached hydrogen (secondary N) is 1. The van der Waals surface area contributed by atoms with Crippen LogP contribution in [0.2, 0.25) is 0 Å². The highest BCUT2D eigenvalue weighted by Gasteiger charge is 2.21. The minimum absolute atomic E-state index is 0.0910. The van der Waals surface area contributed by atoms with Gasteiger partial charge in [0.25, 0.3) is 5.56 Å². The zero-order chi connectivity index (χ0) is 18.8. The summed E-state index contributed by atoms with van der Waals surface area (Å²) in [5, 5.41) is 0.821. The minimum Gasteiger partial charge on any atom is -0.339 e. The van der Waals surface area contributed by atoms with Crippen molar-refractivity contribution in [3.05, 3.63) is 81.6 Å². The number of likely N-dealkylation sites (N-methyl/N-ethyl adjacent to an activating group) is 1. The van der Waals surface area contributed by atoms with Gasteiger partial charge in [0.1, 0.15) is 11.6 Å². The quantitative estimate of drug-likeness (QED) is 0.777. The van der Waals surface area contributed by atoms with Crippen LogP contribution in [0.5, 0.6) is 0 Å². The third-order valence-corrected chi connectivity index (χ3v) is 4.55. The maximum absolute atomic E-state index is 13.9. The molecule has 0 saturated carbocycles. The average molecular weight is 356 g/mol. The predicted octanol–water partition coefficient (Wildman–Crippen LogP) is 3.57. The fraction of sp³-hybridized carbons (Fsp3) is 0.200. The minimum atomic E-state index is -0.669. The SMILES string of the molecule is CC(c1cc(F)ccc1F)N(C)C(=O)Cc1cc2ccccc2[nH]c1=O. The summed E-state index contributed by atoms with van der Waals surface area (Å²) in [6, 6.07) is 11.4. The first kappa shape index (κ1) is 17.8. The molecule has 0 aliphatic heterocycles. The zero-order valence-electron chi connectivity index (χ0n) is 14.4. The van der Waals surface area contributed by atoms with Crippen molar-refractivity contribution in [2.75, 3.05) is 7.05 Å². The number of pyridine rings is 1. The second kappa shape index (κ2) is 7.07. The summed E-state index contributed by atoms with van der Waals surface area (Å²) in [5.74, 6) is -1.51. The number of amides is 1. The van der Waals surface area contributed by atoms with Crippen molar-refractivity contribution in [3.8, 4) is 0 Å². The van der Waals surface area contributed by atoms with E-state index in [4.69, 9.17) is 0 Å². The molecule has 0 aliphatic carbocycles. The van der Waals surface area contributed by atoms with E-state index < -0.39 is 17.7 Å². The van der Waals surface area contributed by atoms with Gasteiger partial charge in [-0.2, -0.15) is 0 Å². The average Bonchev–Trinajstić information content (AvgIpc) is 2.63. The van der Waals surface area contributed by atoms with E-state index in [2.05, 4.69) is 4.98 Å². The van der Waals surface area contributed by atoms with Crippen LogP contribution in [0.4, 0.5) is 8.78 Å². The summed E-state index contributed by atoms with van der Waals surface area (Å²) in [6.07, 6.45) is -0.127. The van der Waals surface area contributed by atoms with Gasteiger partial charge in [0.15, 0.2) is 0 Å². The number of rotatable bonds is 4. The monoisotopic (exact) mass is 356 g/mol. The highest BCUT2D eigenvalue weighted by Crippen LogP contribution is 2.23. The zero-order valence-corrected chi connectivity index (χ0v) is 14.4. The lowest BCUT2D eigenvalue weighted by molar-refractivity contribution is -0.131. The van der Waals surface area contributed by atoms with Crippen LogP contribution in [-0.4, -0.2) is 22.8 Å². The molecular formula is C20H18F2N2O2. The Labute approximate surface area is 149 Å². The highest BCUT2D eigenvalue weighted by atomic mass is 19.1. The molecular weight excluding hydrogens is 338 g/mol. The van der Waals surface area contributed by atoms with Gasteiger partial charge in [0.05, 0.1) is 12.5 Å². The Bertz CT molecular complexity index is 1030. The van der Waals surface area contributed by atoms with Crippen molar-refractivity contribution in [2.45, 2.75) is 19.4 Å². The first-order valence-corrected chi connectivity index (χ1v) is 8.18. The van der Waals surface area contributed by atoms with Crippen molar-refractivity contribution >= 4 is 16.8 Å². The Morgan fingerprint density at radius 3 is 2.65 bits per heavy atom. The smallest absolute Gasteiger partial charge is 0.252 e. The van der Waals surface area contributed by atoms with Gasteiger partial charge in [0, 0.05) is 23.7 Å². The van der Waals surface area contributed by atoms with E-state index in [-0.39, 0.29) is 23.5 Å². The van der Waals surface area contributed by atoms with Gasteiger partial charge in [0.2, 0.25) is 5.91 Å². The van der Waals surface area contributed by atoms with Crippen LogP contribution in [0.15, 0.2) is 53.3 Å². The van der Waals surface area contributed by atoms with E-state index in [0.29, 0.717) is 11.1 Å². The third kappa shape index (κ3) is 3.49. The number of para-hydroxylation sites is 1. The van der Waals surface area contributed by atoms with Crippen LogP contribution < -0.4 is 5.56 Å². The summed E-state index contributed by atoms with van der Waals surface area (Å²) in [6.45, 7) is 1.61. The van der Waals surface area contributed by atoms with E-state index in [1.54, 1.807) is 19.1 Å². The second-order valence-corrected chi connectivity index (χ2v) is 6.23. The second-order valence-electron chi connectivity index (χ2n) is 6.23. The van der Waals surface area contributed by atoms with Crippen LogP contribution in [0.25, 0.3) is 10.9 Å². The molecule has 0 aliphatic rings. The van der Waals surface area contributed by atoms with Crippen LogP contribution in [0.3, 0.4) is 0 Å². The molecule has 1 unspecified atom stereocenters. The molecule has 26 heavy (non-hydrogen) atoms. The number of carbonyl (C=O) groups excluding carboxylic acids is 1. The van der Waals surface area contributed by atoms with Crippen molar-refractivity contribution in [1.29, 1.82) is 0 Å². The molecule has 6 heteroatoms. The summed E-state index contributed by atoms with van der Waals surface area (Å²) in [5.41, 5.74) is 0.771. The standard InChI is InChI=1S/C20H18F2N2O2/c1-12(16-11-15(21)7-8-17(16)22)24(2)19(25)10-14-9-13-5-3-4-6-18(13)23-20(14)26/h3-9,11-12H,10H2,1-2H3,(H,23,26). The highest BCUT2D eigenvalue weighted by molar-refractivity contribution is 5.82. The molecule has 134 valence electrons. The molecule has 0 fully saturated rings. The van der Waals surface area contributed by atoms with Gasteiger partial charge in [-0.05, 0) is 42.6 Å². The molecule has 1 amide bonds. The van der Waals surface area contributed by atoms with Crippen LogP contribution >= 0.6 is 0 Å². The van der Waals surface area contributed by atoms with Gasteiger partial charge in [-0.3, -0.25) is 9.59 Å². The van der Waals surface area contributed by atoms with Gasteiger partial charge >= 0.3 is 0 Å². The summed E-state index contributed by atoms with van der Waals surface area (Å²) < 4.78 is 27.4. The lowest BCUT2D eigenvalue weighted by Crippen LogP contribution is -2.33. The van der Waals surface area contributed by atoms with Gasteiger partial charge < -0.3 is 9.88 Å². The number of halogens is 2. The molecule has 3 rings (SSSR count). The Morgan fingerprint density at radius 1 is 1.15 bits per heavy atom. The molecule has 4 nitrogen and oxygen atoms in total. The van der Waals surface area contributed by atoms with Crippen LogP contribution in [-0.2, 0) is 11.2 Å². The third-order valence-electron chi connectivity index (χ3n) is 4.55. The molecule has 2 aromatic carbocycles. The fourth-order valence-electron chi connectivity index (χ4n) is 2.87. The largest absolute Gasteiger partial charge is 0.339 e. The molecule has 3 aromatic rings. The maximum Gasteiger partial charge on any atom is 0.252 e. The summed E-state index contributed by atoms with van der Waals surface area (Å²) in [7, 11) is 1.51. The lowest BCUT2D eigenvalue weighted by atomic mass is 10.0. The number of hydrogen-bond donors (Lipinski definition) is 1. The first-order chi connectivity index (χ1) is 12.4. The number of carbonyl (C=O) groups is 1. The van der Waals surface area contributed by atoms with Crippen molar-refractivity contribution in [2.24, 2.45) is 0 Å². The topological polar surface area (TPSA) is 53.2 Å².